The quantitative estimate of drug-likeness (QED) is 0.623. The average Bonchev–Trinajstić information content (AvgIpc) is 2.96. The van der Waals surface area contributed by atoms with Crippen LogP contribution in [0.2, 0.25) is 0 Å². The van der Waals surface area contributed by atoms with Gasteiger partial charge in [-0.3, -0.25) is 0 Å². The Kier molecular flexibility index (Phi) is 3.93. The van der Waals surface area contributed by atoms with E-state index in [9.17, 15) is 4.79 Å². The minimum Gasteiger partial charge on any atom is -0.347 e. The number of aldehydes is 1. The van der Waals surface area contributed by atoms with Crippen LogP contribution in [0.15, 0.2) is 55.3 Å². The van der Waals surface area contributed by atoms with Crippen molar-refractivity contribution in [2.45, 2.75) is 24.8 Å². The summed E-state index contributed by atoms with van der Waals surface area (Å²) in [4.78, 5) is 11.6. The molecular formula is C19H18N2O. The molecule has 0 amide bonds. The van der Waals surface area contributed by atoms with E-state index < -0.39 is 0 Å². The van der Waals surface area contributed by atoms with Gasteiger partial charge in [0.1, 0.15) is 6.29 Å². The molecule has 22 heavy (non-hydrogen) atoms. The van der Waals surface area contributed by atoms with Crippen LogP contribution in [0.4, 0.5) is 0 Å². The molecule has 3 rings (SSSR count). The largest absolute Gasteiger partial charge is 0.347 e. The van der Waals surface area contributed by atoms with Crippen LogP contribution in [-0.2, 0) is 11.3 Å². The molecule has 0 unspecified atom stereocenters. The first kappa shape index (κ1) is 14.3. The Bertz CT molecular complexity index is 721. The normalized spacial score (nSPS) is 23.3. The Balaban J connectivity index is 1.81. The zero-order chi connectivity index (χ0) is 15.5. The van der Waals surface area contributed by atoms with Crippen LogP contribution in [0.25, 0.3) is 0 Å². The molecule has 3 heteroatoms. The minimum atomic E-state index is 0.00593. The van der Waals surface area contributed by atoms with E-state index in [0.717, 1.165) is 24.8 Å². The topological polar surface area (TPSA) is 45.8 Å². The van der Waals surface area contributed by atoms with Crippen molar-refractivity contribution in [1.29, 1.82) is 5.26 Å². The van der Waals surface area contributed by atoms with E-state index in [1.54, 1.807) is 0 Å². The van der Waals surface area contributed by atoms with Gasteiger partial charge in [-0.2, -0.15) is 5.26 Å². The van der Waals surface area contributed by atoms with Gasteiger partial charge in [-0.25, -0.2) is 0 Å². The predicted molar refractivity (Wildman–Crippen MR) is 85.4 cm³/mol. The summed E-state index contributed by atoms with van der Waals surface area (Å²) in [7, 11) is 0. The van der Waals surface area contributed by atoms with Crippen LogP contribution in [0.5, 0.6) is 0 Å². The van der Waals surface area contributed by atoms with Crippen LogP contribution in [0.3, 0.4) is 0 Å². The van der Waals surface area contributed by atoms with Gasteiger partial charge in [-0.1, -0.05) is 18.2 Å². The first-order chi connectivity index (χ1) is 10.8. The molecule has 1 aromatic carbocycles. The number of carbonyl (C=O) groups is 1. The van der Waals surface area contributed by atoms with Gasteiger partial charge >= 0.3 is 0 Å². The third-order valence-corrected chi connectivity index (χ3v) is 4.63. The highest BCUT2D eigenvalue weighted by atomic mass is 16.1. The summed E-state index contributed by atoms with van der Waals surface area (Å²) in [6.07, 6.45) is 5.96. The van der Waals surface area contributed by atoms with Crippen molar-refractivity contribution < 1.29 is 4.79 Å². The van der Waals surface area contributed by atoms with E-state index in [1.807, 2.05) is 42.6 Å². The van der Waals surface area contributed by atoms with Gasteiger partial charge in [0.25, 0.3) is 0 Å². The Hall–Kier alpha value is -2.60. The maximum absolute atomic E-state index is 11.6. The number of allylic oxidation sites excluding steroid dienone is 1. The molecule has 0 bridgehead atoms. The number of hydrogen-bond acceptors (Lipinski definition) is 2. The van der Waals surface area contributed by atoms with Crippen LogP contribution in [0, 0.1) is 17.2 Å². The fourth-order valence-electron chi connectivity index (χ4n) is 3.41. The molecule has 1 saturated carbocycles. The van der Waals surface area contributed by atoms with Gasteiger partial charge in [0.05, 0.1) is 11.6 Å². The monoisotopic (exact) mass is 290 g/mol. The first-order valence-electron chi connectivity index (χ1n) is 7.49. The van der Waals surface area contributed by atoms with Crippen LogP contribution in [0.1, 0.15) is 35.1 Å². The van der Waals surface area contributed by atoms with E-state index in [1.165, 1.54) is 5.69 Å². The van der Waals surface area contributed by atoms with Crippen molar-refractivity contribution in [3.63, 3.8) is 0 Å². The highest BCUT2D eigenvalue weighted by Gasteiger charge is 2.43. The number of rotatable bonds is 5. The van der Waals surface area contributed by atoms with Gasteiger partial charge in [0.2, 0.25) is 0 Å². The third-order valence-electron chi connectivity index (χ3n) is 4.63. The van der Waals surface area contributed by atoms with Crippen molar-refractivity contribution in [1.82, 2.24) is 4.57 Å². The number of carbonyl (C=O) groups excluding carboxylic acids is 1. The molecule has 3 nitrogen and oxygen atoms in total. The predicted octanol–water partition coefficient (Wildman–Crippen LogP) is 3.63. The molecule has 0 aliphatic heterocycles. The zero-order valence-corrected chi connectivity index (χ0v) is 12.4. The molecule has 1 aliphatic rings. The highest BCUT2D eigenvalue weighted by molar-refractivity contribution is 5.61. The maximum Gasteiger partial charge on any atom is 0.124 e. The van der Waals surface area contributed by atoms with Crippen molar-refractivity contribution in [3.8, 4) is 6.07 Å². The molecule has 1 aromatic heterocycles. The van der Waals surface area contributed by atoms with Gasteiger partial charge in [-0.05, 0) is 42.2 Å². The van der Waals surface area contributed by atoms with E-state index in [2.05, 4.69) is 23.3 Å². The number of aromatic nitrogens is 1. The number of nitriles is 1. The van der Waals surface area contributed by atoms with Crippen molar-refractivity contribution >= 4 is 6.29 Å². The lowest BCUT2D eigenvalue weighted by Gasteiger charge is -2.42. The average molecular weight is 290 g/mol. The summed E-state index contributed by atoms with van der Waals surface area (Å²) in [5.41, 5.74) is 3.01. The molecule has 1 heterocycles. The summed E-state index contributed by atoms with van der Waals surface area (Å²) in [6, 6.07) is 13.8. The lowest BCUT2D eigenvalue weighted by atomic mass is 9.61. The fourth-order valence-corrected chi connectivity index (χ4v) is 3.41. The van der Waals surface area contributed by atoms with Crippen LogP contribution < -0.4 is 0 Å². The second-order valence-electron chi connectivity index (χ2n) is 5.77. The number of nitrogens with zero attached hydrogens (tertiary/aromatic N) is 2. The smallest absolute Gasteiger partial charge is 0.124 e. The second kappa shape index (κ2) is 6.03. The summed E-state index contributed by atoms with van der Waals surface area (Å²) in [5.74, 6) is 0.529. The molecule has 110 valence electrons. The van der Waals surface area contributed by atoms with E-state index in [4.69, 9.17) is 5.26 Å². The molecule has 0 saturated heterocycles. The summed E-state index contributed by atoms with van der Waals surface area (Å²) >= 11 is 0. The van der Waals surface area contributed by atoms with Gasteiger partial charge in [0, 0.05) is 30.3 Å². The summed E-state index contributed by atoms with van der Waals surface area (Å²) in [5, 5.41) is 8.87. The first-order valence-corrected chi connectivity index (χ1v) is 7.49. The molecule has 0 spiro atoms. The van der Waals surface area contributed by atoms with Gasteiger partial charge in [0.15, 0.2) is 0 Å². The maximum atomic E-state index is 11.6. The molecule has 1 fully saturated rings. The Morgan fingerprint density at radius 1 is 1.27 bits per heavy atom. The highest BCUT2D eigenvalue weighted by Crippen LogP contribution is 2.51. The number of benzene rings is 1. The lowest BCUT2D eigenvalue weighted by Crippen LogP contribution is -2.35. The third kappa shape index (κ3) is 2.37. The molecule has 1 aliphatic carbocycles. The Morgan fingerprint density at radius 2 is 2.05 bits per heavy atom. The van der Waals surface area contributed by atoms with E-state index in [0.29, 0.717) is 5.56 Å². The minimum absolute atomic E-state index is 0.00593. The van der Waals surface area contributed by atoms with Crippen LogP contribution in [-0.4, -0.2) is 10.9 Å². The zero-order valence-electron chi connectivity index (χ0n) is 12.4. The van der Waals surface area contributed by atoms with E-state index in [-0.39, 0.29) is 17.8 Å². The standard InChI is InChI=1S/C19H18N2O/c1-2-9-21-10-3-4-19(21)17-11-16(18(17)13-22)15-7-5-14(12-20)6-8-15/h2-8,10,13,16-18H,1,9,11H2/t16-,17-,18-/m1/s1. The van der Waals surface area contributed by atoms with Crippen molar-refractivity contribution in [3.05, 3.63) is 72.1 Å². The SMILES string of the molecule is C=CCn1cccc1[C@@H]1C[C@H](c2ccc(C#N)cc2)[C@H]1C=O. The van der Waals surface area contributed by atoms with Gasteiger partial charge in [-0.15, -0.1) is 6.58 Å². The fraction of sp³-hybridized carbons (Fsp3) is 0.263. The summed E-state index contributed by atoms with van der Waals surface area (Å²) in [6.45, 7) is 4.55. The number of hydrogen-bond donors (Lipinski definition) is 0. The van der Waals surface area contributed by atoms with Gasteiger partial charge < -0.3 is 9.36 Å². The second-order valence-corrected chi connectivity index (χ2v) is 5.77. The molecular weight excluding hydrogens is 272 g/mol. The van der Waals surface area contributed by atoms with Crippen molar-refractivity contribution in [2.75, 3.05) is 0 Å². The Labute approximate surface area is 130 Å². The van der Waals surface area contributed by atoms with Crippen LogP contribution >= 0.6 is 0 Å². The van der Waals surface area contributed by atoms with Crippen molar-refractivity contribution in [2.24, 2.45) is 5.92 Å². The molecule has 3 atom stereocenters. The van der Waals surface area contributed by atoms with E-state index >= 15 is 0 Å². The molecule has 0 N–H and O–H groups in total. The lowest BCUT2D eigenvalue weighted by molar-refractivity contribution is -0.115. The molecule has 2 aromatic rings. The molecule has 0 radical (unpaired) electrons. The summed E-state index contributed by atoms with van der Waals surface area (Å²) < 4.78 is 2.16. The Morgan fingerprint density at radius 3 is 2.68 bits per heavy atom.